The Morgan fingerprint density at radius 2 is 1.88 bits per heavy atom. The number of carbonyl (C=O) groups excluding carboxylic acids is 2. The van der Waals surface area contributed by atoms with Crippen molar-refractivity contribution in [2.75, 3.05) is 43.0 Å². The van der Waals surface area contributed by atoms with Crippen molar-refractivity contribution in [3.05, 3.63) is 57.1 Å². The molecule has 2 amide bonds. The standard InChI is InChI=1S/C22H25ClN4O5/c1-3-20(28)25-10-12-26(13-11-25)21-16(23)6-5-7-17(21)24-22(29)15-8-9-19(32-4-2)18(14-15)27(30)31/h5-9,14H,3-4,10-13H2,1-2H3,(H,24,29). The molecular weight excluding hydrogens is 436 g/mol. The number of hydrogen-bond acceptors (Lipinski definition) is 6. The van der Waals surface area contributed by atoms with Crippen molar-refractivity contribution < 1.29 is 19.2 Å². The van der Waals surface area contributed by atoms with Crippen molar-refractivity contribution in [1.29, 1.82) is 0 Å². The molecule has 2 aromatic carbocycles. The van der Waals surface area contributed by atoms with Gasteiger partial charge < -0.3 is 19.9 Å². The predicted octanol–water partition coefficient (Wildman–Crippen LogP) is 3.96. The third kappa shape index (κ3) is 5.11. The fourth-order valence-corrected chi connectivity index (χ4v) is 3.91. The van der Waals surface area contributed by atoms with E-state index in [0.717, 1.165) is 0 Å². The number of nitrogens with zero attached hydrogens (tertiary/aromatic N) is 3. The first-order chi connectivity index (χ1) is 15.3. The Kier molecular flexibility index (Phi) is 7.53. The van der Waals surface area contributed by atoms with Crippen LogP contribution < -0.4 is 15.0 Å². The van der Waals surface area contributed by atoms with Crippen molar-refractivity contribution in [3.8, 4) is 5.75 Å². The first kappa shape index (κ1) is 23.3. The van der Waals surface area contributed by atoms with E-state index < -0.39 is 10.8 Å². The molecule has 0 spiro atoms. The highest BCUT2D eigenvalue weighted by molar-refractivity contribution is 6.34. The average molecular weight is 461 g/mol. The van der Waals surface area contributed by atoms with Crippen molar-refractivity contribution in [1.82, 2.24) is 4.90 Å². The summed E-state index contributed by atoms with van der Waals surface area (Å²) in [5, 5.41) is 14.7. The van der Waals surface area contributed by atoms with Crippen molar-refractivity contribution in [2.24, 2.45) is 0 Å². The van der Waals surface area contributed by atoms with Gasteiger partial charge in [-0.3, -0.25) is 19.7 Å². The van der Waals surface area contributed by atoms with Crippen molar-refractivity contribution >= 4 is 40.5 Å². The maximum atomic E-state index is 12.9. The predicted molar refractivity (Wildman–Crippen MR) is 123 cm³/mol. The summed E-state index contributed by atoms with van der Waals surface area (Å²) in [5.41, 5.74) is 1.01. The number of nitrogens with one attached hydrogen (secondary N) is 1. The first-order valence-corrected chi connectivity index (χ1v) is 10.8. The zero-order valence-electron chi connectivity index (χ0n) is 18.0. The molecule has 170 valence electrons. The Labute approximate surface area is 191 Å². The number of halogens is 1. The smallest absolute Gasteiger partial charge is 0.311 e. The van der Waals surface area contributed by atoms with Gasteiger partial charge in [0.05, 0.1) is 27.9 Å². The summed E-state index contributed by atoms with van der Waals surface area (Å²) < 4.78 is 5.27. The minimum absolute atomic E-state index is 0.106. The van der Waals surface area contributed by atoms with E-state index in [2.05, 4.69) is 5.32 Å². The molecule has 1 aliphatic rings. The molecule has 10 heteroatoms. The fourth-order valence-electron chi connectivity index (χ4n) is 3.61. The zero-order valence-corrected chi connectivity index (χ0v) is 18.7. The summed E-state index contributed by atoms with van der Waals surface area (Å²) in [6.07, 6.45) is 0.460. The van der Waals surface area contributed by atoms with E-state index >= 15 is 0 Å². The van der Waals surface area contributed by atoms with Gasteiger partial charge in [-0.15, -0.1) is 0 Å². The second kappa shape index (κ2) is 10.3. The number of benzene rings is 2. The summed E-state index contributed by atoms with van der Waals surface area (Å²) >= 11 is 6.46. The summed E-state index contributed by atoms with van der Waals surface area (Å²) in [6, 6.07) is 9.27. The Morgan fingerprint density at radius 3 is 2.50 bits per heavy atom. The van der Waals surface area contributed by atoms with Crippen LogP contribution in [0.1, 0.15) is 30.6 Å². The maximum Gasteiger partial charge on any atom is 0.311 e. The highest BCUT2D eigenvalue weighted by Gasteiger charge is 2.25. The number of amides is 2. The number of nitro benzene ring substituents is 1. The van der Waals surface area contributed by atoms with E-state index in [1.54, 1.807) is 25.1 Å². The molecule has 2 aromatic rings. The molecule has 0 bridgehead atoms. The van der Waals surface area contributed by atoms with E-state index in [0.29, 0.717) is 49.0 Å². The van der Waals surface area contributed by atoms with Gasteiger partial charge in [0.25, 0.3) is 5.91 Å². The van der Waals surface area contributed by atoms with Crippen molar-refractivity contribution in [3.63, 3.8) is 0 Å². The van der Waals surface area contributed by atoms with Gasteiger partial charge in [0.2, 0.25) is 5.91 Å². The molecule has 1 fully saturated rings. The zero-order chi connectivity index (χ0) is 23.3. The molecule has 0 aromatic heterocycles. The van der Waals surface area contributed by atoms with Crippen LogP contribution in [0.15, 0.2) is 36.4 Å². The van der Waals surface area contributed by atoms with Crippen LogP contribution in [0.4, 0.5) is 17.1 Å². The van der Waals surface area contributed by atoms with Gasteiger partial charge in [-0.1, -0.05) is 24.6 Å². The largest absolute Gasteiger partial charge is 0.487 e. The summed E-state index contributed by atoms with van der Waals surface area (Å²) in [7, 11) is 0. The maximum absolute atomic E-state index is 12.9. The van der Waals surface area contributed by atoms with E-state index in [9.17, 15) is 19.7 Å². The van der Waals surface area contributed by atoms with Crippen LogP contribution in [0.3, 0.4) is 0 Å². The normalized spacial score (nSPS) is 13.6. The second-order valence-electron chi connectivity index (χ2n) is 7.18. The molecule has 0 saturated carbocycles. The van der Waals surface area contributed by atoms with Gasteiger partial charge in [0, 0.05) is 44.2 Å². The molecule has 0 aliphatic carbocycles. The summed E-state index contributed by atoms with van der Waals surface area (Å²) in [5.74, 6) is -0.286. The highest BCUT2D eigenvalue weighted by Crippen LogP contribution is 2.35. The van der Waals surface area contributed by atoms with E-state index in [1.807, 2.05) is 16.7 Å². The molecule has 1 N–H and O–H groups in total. The highest BCUT2D eigenvalue weighted by atomic mass is 35.5. The number of rotatable bonds is 7. The average Bonchev–Trinajstić information content (AvgIpc) is 2.79. The lowest BCUT2D eigenvalue weighted by Crippen LogP contribution is -2.48. The Hall–Kier alpha value is -3.33. The van der Waals surface area contributed by atoms with Crippen LogP contribution in [0.5, 0.6) is 5.75 Å². The first-order valence-electron chi connectivity index (χ1n) is 10.4. The lowest BCUT2D eigenvalue weighted by atomic mass is 10.1. The van der Waals surface area contributed by atoms with Gasteiger partial charge >= 0.3 is 5.69 Å². The number of carbonyl (C=O) groups is 2. The van der Waals surface area contributed by atoms with Crippen LogP contribution in [-0.2, 0) is 4.79 Å². The summed E-state index contributed by atoms with van der Waals surface area (Å²) in [6.45, 7) is 6.12. The Balaban J connectivity index is 1.82. The van der Waals surface area contributed by atoms with Crippen LogP contribution in [0, 0.1) is 10.1 Å². The van der Waals surface area contributed by atoms with E-state index in [1.165, 1.54) is 18.2 Å². The number of hydrogen-bond donors (Lipinski definition) is 1. The molecule has 0 atom stereocenters. The third-order valence-corrected chi connectivity index (χ3v) is 5.51. The van der Waals surface area contributed by atoms with Crippen LogP contribution in [0.25, 0.3) is 0 Å². The molecule has 9 nitrogen and oxygen atoms in total. The van der Waals surface area contributed by atoms with E-state index in [4.69, 9.17) is 16.3 Å². The number of para-hydroxylation sites is 1. The van der Waals surface area contributed by atoms with Gasteiger partial charge in [-0.05, 0) is 31.2 Å². The topological polar surface area (TPSA) is 105 Å². The second-order valence-corrected chi connectivity index (χ2v) is 7.59. The Morgan fingerprint density at radius 1 is 1.16 bits per heavy atom. The molecule has 1 saturated heterocycles. The molecule has 1 aliphatic heterocycles. The van der Waals surface area contributed by atoms with Crippen molar-refractivity contribution in [2.45, 2.75) is 20.3 Å². The van der Waals surface area contributed by atoms with Gasteiger partial charge in [-0.25, -0.2) is 0 Å². The summed E-state index contributed by atoms with van der Waals surface area (Å²) in [4.78, 5) is 39.5. The SMILES string of the molecule is CCOc1ccc(C(=O)Nc2cccc(Cl)c2N2CCN(C(=O)CC)CC2)cc1[N+](=O)[O-]. The van der Waals surface area contributed by atoms with Crippen LogP contribution in [0.2, 0.25) is 5.02 Å². The van der Waals surface area contributed by atoms with E-state index in [-0.39, 0.29) is 29.5 Å². The quantitative estimate of drug-likeness (QED) is 0.495. The van der Waals surface area contributed by atoms with Gasteiger partial charge in [0.15, 0.2) is 5.75 Å². The lowest BCUT2D eigenvalue weighted by Gasteiger charge is -2.37. The van der Waals surface area contributed by atoms with Gasteiger partial charge in [-0.2, -0.15) is 0 Å². The lowest BCUT2D eigenvalue weighted by molar-refractivity contribution is -0.385. The molecule has 0 unspecified atom stereocenters. The molecule has 1 heterocycles. The monoisotopic (exact) mass is 460 g/mol. The number of nitro groups is 1. The minimum atomic E-state index is -0.580. The van der Waals surface area contributed by atoms with Crippen LogP contribution in [-0.4, -0.2) is 54.4 Å². The molecule has 3 rings (SSSR count). The minimum Gasteiger partial charge on any atom is -0.487 e. The number of ether oxygens (including phenoxy) is 1. The molecular formula is C22H25ClN4O5. The van der Waals surface area contributed by atoms with Crippen LogP contribution >= 0.6 is 11.6 Å². The number of anilines is 2. The van der Waals surface area contributed by atoms with Gasteiger partial charge in [0.1, 0.15) is 0 Å². The Bertz CT molecular complexity index is 1020. The molecule has 0 radical (unpaired) electrons. The fraction of sp³-hybridized carbons (Fsp3) is 0.364. The third-order valence-electron chi connectivity index (χ3n) is 5.20. The molecule has 32 heavy (non-hydrogen) atoms. The number of piperazine rings is 1.